The molecule has 0 radical (unpaired) electrons. The summed E-state index contributed by atoms with van der Waals surface area (Å²) in [5, 5.41) is 12.0. The Kier molecular flexibility index (Phi) is 6.02. The molecular weight excluding hydrogens is 466 g/mol. The van der Waals surface area contributed by atoms with E-state index in [1.54, 1.807) is 35.4 Å². The largest absolute Gasteiger partial charge is 0.387 e. The van der Waals surface area contributed by atoms with Gasteiger partial charge in [-0.15, -0.1) is 0 Å². The predicted octanol–water partition coefficient (Wildman–Crippen LogP) is 0.809. The number of aromatic amines is 1. The summed E-state index contributed by atoms with van der Waals surface area (Å²) in [5.74, 6) is -0.178. The average molecular weight is 489 g/mol. The molecule has 0 saturated carbocycles. The van der Waals surface area contributed by atoms with E-state index < -0.39 is 17.9 Å². The monoisotopic (exact) mass is 489 g/mol. The van der Waals surface area contributed by atoms with Crippen molar-refractivity contribution in [2.75, 3.05) is 25.0 Å². The van der Waals surface area contributed by atoms with Crippen LogP contribution >= 0.6 is 0 Å². The highest BCUT2D eigenvalue weighted by atomic mass is 16.3. The number of aromatic nitrogens is 5. The molecule has 5 heterocycles. The second kappa shape index (κ2) is 9.30. The molecule has 0 bridgehead atoms. The van der Waals surface area contributed by atoms with Gasteiger partial charge < -0.3 is 15.3 Å². The lowest BCUT2D eigenvalue weighted by atomic mass is 10.0. The standard InChI is InChI=1S/C24H23N7O5/c1-13(33)27-19-5-2-14(10-26-19)17-3-4-18-21(28-17)22-16(11-25-18)23(35)29-24(36)31(22)15-6-8-30(9-7-15)20(34)12-32/h2-5,10-11,15,32H,6-9,12H2,1H3,(H,26,27,33)(H,29,35,36). The first-order valence-electron chi connectivity index (χ1n) is 11.4. The van der Waals surface area contributed by atoms with Gasteiger partial charge in [0.05, 0.1) is 22.1 Å². The summed E-state index contributed by atoms with van der Waals surface area (Å²) in [6.45, 7) is 1.60. The Bertz CT molecular complexity index is 1600. The number of nitrogens with one attached hydrogen (secondary N) is 2. The molecule has 0 spiro atoms. The van der Waals surface area contributed by atoms with Crippen molar-refractivity contribution in [3.05, 3.63) is 57.5 Å². The third-order valence-electron chi connectivity index (χ3n) is 6.29. The molecular formula is C24H23N7O5. The maximum Gasteiger partial charge on any atom is 0.329 e. The molecule has 1 aliphatic heterocycles. The lowest BCUT2D eigenvalue weighted by molar-refractivity contribution is -0.135. The first-order valence-corrected chi connectivity index (χ1v) is 11.4. The Morgan fingerprint density at radius 3 is 2.56 bits per heavy atom. The summed E-state index contributed by atoms with van der Waals surface area (Å²) in [4.78, 5) is 66.2. The number of anilines is 1. The number of amides is 2. The molecule has 184 valence electrons. The molecule has 2 amide bonds. The topological polar surface area (TPSA) is 163 Å². The van der Waals surface area contributed by atoms with Crippen LogP contribution in [0.2, 0.25) is 0 Å². The number of carbonyl (C=O) groups is 2. The molecule has 0 atom stereocenters. The molecule has 0 unspecified atom stereocenters. The Hall–Kier alpha value is -4.45. The maximum absolute atomic E-state index is 13.0. The lowest BCUT2D eigenvalue weighted by Crippen LogP contribution is -2.43. The second-order valence-electron chi connectivity index (χ2n) is 8.60. The quantitative estimate of drug-likeness (QED) is 0.355. The number of likely N-dealkylation sites (tertiary alicyclic amines) is 1. The number of rotatable bonds is 4. The van der Waals surface area contributed by atoms with Gasteiger partial charge in [0.1, 0.15) is 17.9 Å². The van der Waals surface area contributed by atoms with E-state index in [2.05, 4.69) is 20.3 Å². The Balaban J connectivity index is 1.63. The molecule has 4 aromatic heterocycles. The predicted molar refractivity (Wildman–Crippen MR) is 131 cm³/mol. The zero-order chi connectivity index (χ0) is 25.4. The first-order chi connectivity index (χ1) is 17.4. The number of hydrogen-bond acceptors (Lipinski definition) is 8. The van der Waals surface area contributed by atoms with Crippen molar-refractivity contribution in [3.63, 3.8) is 0 Å². The van der Waals surface area contributed by atoms with Crippen LogP contribution in [0.5, 0.6) is 0 Å². The van der Waals surface area contributed by atoms with Crippen LogP contribution in [-0.2, 0) is 9.59 Å². The fraction of sp³-hybridized carbons (Fsp3) is 0.292. The number of pyridine rings is 3. The van der Waals surface area contributed by atoms with Crippen LogP contribution < -0.4 is 16.6 Å². The highest BCUT2D eigenvalue weighted by molar-refractivity contribution is 6.01. The third-order valence-corrected chi connectivity index (χ3v) is 6.29. The number of fused-ring (bicyclic) bond motifs is 3. The van der Waals surface area contributed by atoms with E-state index in [1.165, 1.54) is 17.7 Å². The molecule has 4 aromatic rings. The van der Waals surface area contributed by atoms with Crippen LogP contribution in [0.25, 0.3) is 33.2 Å². The number of carbonyl (C=O) groups excluding carboxylic acids is 2. The first kappa shape index (κ1) is 23.3. The van der Waals surface area contributed by atoms with Crippen molar-refractivity contribution < 1.29 is 14.7 Å². The molecule has 0 aromatic carbocycles. The Labute approximate surface area is 203 Å². The van der Waals surface area contributed by atoms with Crippen LogP contribution in [0.1, 0.15) is 25.8 Å². The van der Waals surface area contributed by atoms with Gasteiger partial charge in [-0.3, -0.25) is 28.9 Å². The summed E-state index contributed by atoms with van der Waals surface area (Å²) < 4.78 is 1.54. The number of nitrogens with zero attached hydrogens (tertiary/aromatic N) is 5. The van der Waals surface area contributed by atoms with E-state index in [1.807, 2.05) is 0 Å². The van der Waals surface area contributed by atoms with Crippen LogP contribution in [0.3, 0.4) is 0 Å². The molecule has 0 aliphatic carbocycles. The van der Waals surface area contributed by atoms with Gasteiger partial charge in [-0.2, -0.15) is 0 Å². The van der Waals surface area contributed by atoms with Gasteiger partial charge in [0.15, 0.2) is 0 Å². The van der Waals surface area contributed by atoms with E-state index in [-0.39, 0.29) is 23.2 Å². The minimum Gasteiger partial charge on any atom is -0.387 e. The second-order valence-corrected chi connectivity index (χ2v) is 8.60. The van der Waals surface area contributed by atoms with E-state index in [9.17, 15) is 19.2 Å². The molecule has 36 heavy (non-hydrogen) atoms. The van der Waals surface area contributed by atoms with Crippen LogP contribution in [0.15, 0.2) is 46.2 Å². The number of H-pyrrole nitrogens is 1. The van der Waals surface area contributed by atoms with Gasteiger partial charge in [0.25, 0.3) is 5.56 Å². The maximum atomic E-state index is 13.0. The fourth-order valence-electron chi connectivity index (χ4n) is 4.57. The third kappa shape index (κ3) is 4.22. The zero-order valence-corrected chi connectivity index (χ0v) is 19.4. The number of hydrogen-bond donors (Lipinski definition) is 3. The van der Waals surface area contributed by atoms with Crippen LogP contribution in [-0.4, -0.2) is 66.0 Å². The number of piperidine rings is 1. The molecule has 3 N–H and O–H groups in total. The van der Waals surface area contributed by atoms with Gasteiger partial charge in [-0.05, 0) is 37.1 Å². The van der Waals surface area contributed by atoms with Crippen molar-refractivity contribution in [2.45, 2.75) is 25.8 Å². The molecule has 12 heteroatoms. The summed E-state index contributed by atoms with van der Waals surface area (Å²) in [6, 6.07) is 6.67. The van der Waals surface area contributed by atoms with E-state index in [4.69, 9.17) is 10.1 Å². The molecule has 1 saturated heterocycles. The van der Waals surface area contributed by atoms with Crippen molar-refractivity contribution in [1.29, 1.82) is 0 Å². The smallest absolute Gasteiger partial charge is 0.329 e. The summed E-state index contributed by atoms with van der Waals surface area (Å²) in [6.07, 6.45) is 3.96. The molecule has 5 rings (SSSR count). The summed E-state index contributed by atoms with van der Waals surface area (Å²) in [7, 11) is 0. The zero-order valence-electron chi connectivity index (χ0n) is 19.4. The number of aliphatic hydroxyl groups is 1. The van der Waals surface area contributed by atoms with E-state index in [0.717, 1.165) is 0 Å². The highest BCUT2D eigenvalue weighted by Gasteiger charge is 2.26. The van der Waals surface area contributed by atoms with Crippen molar-refractivity contribution in [1.82, 2.24) is 29.4 Å². The van der Waals surface area contributed by atoms with Crippen molar-refractivity contribution in [3.8, 4) is 11.3 Å². The summed E-state index contributed by atoms with van der Waals surface area (Å²) in [5.41, 5.74) is 1.42. The number of aliphatic hydroxyl groups excluding tert-OH is 1. The van der Waals surface area contributed by atoms with Crippen LogP contribution in [0, 0.1) is 0 Å². The minimum atomic E-state index is -0.560. The Morgan fingerprint density at radius 1 is 1.11 bits per heavy atom. The van der Waals surface area contributed by atoms with Crippen molar-refractivity contribution in [2.24, 2.45) is 0 Å². The molecule has 1 aliphatic rings. The van der Waals surface area contributed by atoms with Gasteiger partial charge in [-0.25, -0.2) is 14.8 Å². The SMILES string of the molecule is CC(=O)Nc1ccc(-c2ccc3ncc4c(=O)[nH]c(=O)n(C5CCN(C(=O)CO)CC5)c4c3n2)cn1. The highest BCUT2D eigenvalue weighted by Crippen LogP contribution is 2.29. The van der Waals surface area contributed by atoms with Crippen molar-refractivity contribution >= 4 is 39.6 Å². The van der Waals surface area contributed by atoms with Gasteiger partial charge in [0, 0.05) is 44.0 Å². The van der Waals surface area contributed by atoms with E-state index in [0.29, 0.717) is 59.6 Å². The average Bonchev–Trinajstić information content (AvgIpc) is 2.88. The van der Waals surface area contributed by atoms with E-state index >= 15 is 0 Å². The van der Waals surface area contributed by atoms with Gasteiger partial charge >= 0.3 is 5.69 Å². The molecule has 12 nitrogen and oxygen atoms in total. The van der Waals surface area contributed by atoms with Gasteiger partial charge in [-0.1, -0.05) is 0 Å². The fourth-order valence-corrected chi connectivity index (χ4v) is 4.57. The minimum absolute atomic E-state index is 0.230. The Morgan fingerprint density at radius 2 is 1.89 bits per heavy atom. The lowest BCUT2D eigenvalue weighted by Gasteiger charge is -2.33. The van der Waals surface area contributed by atoms with Crippen LogP contribution in [0.4, 0.5) is 5.82 Å². The van der Waals surface area contributed by atoms with Gasteiger partial charge in [0.2, 0.25) is 11.8 Å². The summed E-state index contributed by atoms with van der Waals surface area (Å²) >= 11 is 0. The molecule has 1 fully saturated rings. The normalized spacial score (nSPS) is 14.3.